The molecule has 143 valence electrons. The number of aliphatic hydroxyl groups is 1. The summed E-state index contributed by atoms with van der Waals surface area (Å²) in [6.07, 6.45) is 5.90. The number of benzene rings is 1. The van der Waals surface area contributed by atoms with Gasteiger partial charge in [-0.3, -0.25) is 14.8 Å². The summed E-state index contributed by atoms with van der Waals surface area (Å²) in [5, 5.41) is 8.36. The third-order valence-electron chi connectivity index (χ3n) is 3.45. The van der Waals surface area contributed by atoms with Crippen molar-refractivity contribution >= 4 is 5.78 Å². The van der Waals surface area contributed by atoms with E-state index in [0.717, 1.165) is 23.4 Å². The molecule has 0 saturated carbocycles. The molecule has 1 aromatic carbocycles. The van der Waals surface area contributed by atoms with Gasteiger partial charge < -0.3 is 5.11 Å². The SMILES string of the molecule is CC(=O)C=C(C)O.CCc1cnc(-c2[c-]cc(C(C)(C)C)cc2)nc1.[Ir]. The van der Waals surface area contributed by atoms with Crippen molar-refractivity contribution in [2.24, 2.45) is 0 Å². The van der Waals surface area contributed by atoms with Gasteiger partial charge >= 0.3 is 0 Å². The second-order valence-corrected chi connectivity index (χ2v) is 6.91. The molecule has 5 heteroatoms. The number of nitrogens with zero attached hydrogens (tertiary/aromatic N) is 2. The van der Waals surface area contributed by atoms with Gasteiger partial charge in [0.1, 0.15) is 0 Å². The van der Waals surface area contributed by atoms with Gasteiger partial charge in [0.25, 0.3) is 0 Å². The number of hydrogen-bond acceptors (Lipinski definition) is 4. The van der Waals surface area contributed by atoms with Crippen LogP contribution in [0.1, 0.15) is 52.7 Å². The first-order valence-corrected chi connectivity index (χ1v) is 8.34. The van der Waals surface area contributed by atoms with Crippen LogP contribution in [0, 0.1) is 6.07 Å². The van der Waals surface area contributed by atoms with Crippen molar-refractivity contribution in [3.63, 3.8) is 0 Å². The molecule has 0 bridgehead atoms. The molecule has 0 fully saturated rings. The van der Waals surface area contributed by atoms with Gasteiger partial charge in [-0.15, -0.1) is 35.4 Å². The fraction of sp³-hybridized carbons (Fsp3) is 0.381. The predicted octanol–water partition coefficient (Wildman–Crippen LogP) is 4.84. The standard InChI is InChI=1S/C16H19N2.C5H8O2.Ir/c1-5-12-10-17-15(18-11-12)13-6-8-14(9-7-13)16(2,3)4;1-4(6)3-5(2)7;/h6,8-11H,5H2,1-4H3;3,6H,1-2H3;/q-1;;. The van der Waals surface area contributed by atoms with Crippen LogP contribution in [-0.2, 0) is 36.7 Å². The van der Waals surface area contributed by atoms with Crippen molar-refractivity contribution in [1.82, 2.24) is 9.97 Å². The minimum Gasteiger partial charge on any atom is -0.512 e. The maximum absolute atomic E-state index is 10.0. The fourth-order valence-electron chi connectivity index (χ4n) is 2.00. The maximum Gasteiger partial charge on any atom is 0.155 e. The van der Waals surface area contributed by atoms with Crippen LogP contribution in [-0.4, -0.2) is 20.9 Å². The molecule has 0 atom stereocenters. The topological polar surface area (TPSA) is 63.1 Å². The van der Waals surface area contributed by atoms with Crippen LogP contribution >= 0.6 is 0 Å². The molecule has 4 nitrogen and oxygen atoms in total. The largest absolute Gasteiger partial charge is 0.512 e. The first-order chi connectivity index (χ1) is 11.6. The Balaban J connectivity index is 0.000000673. The minimum atomic E-state index is -0.125. The maximum atomic E-state index is 10.0. The Morgan fingerprint density at radius 2 is 1.77 bits per heavy atom. The van der Waals surface area contributed by atoms with E-state index in [0.29, 0.717) is 0 Å². The van der Waals surface area contributed by atoms with Crippen molar-refractivity contribution in [2.45, 2.75) is 53.4 Å². The molecule has 1 radical (unpaired) electrons. The Morgan fingerprint density at radius 1 is 1.19 bits per heavy atom. The normalized spacial score (nSPS) is 11.1. The summed E-state index contributed by atoms with van der Waals surface area (Å²) < 4.78 is 0. The number of aliphatic hydroxyl groups excluding tert-OH is 1. The monoisotopic (exact) mass is 532 g/mol. The zero-order valence-corrected chi connectivity index (χ0v) is 18.6. The Labute approximate surface area is 170 Å². The van der Waals surface area contributed by atoms with Crippen LogP contribution in [0.3, 0.4) is 0 Å². The molecular formula is C21H27IrN2O2-. The van der Waals surface area contributed by atoms with Crippen LogP contribution in [0.25, 0.3) is 11.4 Å². The summed E-state index contributed by atoms with van der Waals surface area (Å²) >= 11 is 0. The third kappa shape index (κ3) is 8.50. The van der Waals surface area contributed by atoms with Crippen molar-refractivity contribution in [1.29, 1.82) is 0 Å². The zero-order valence-electron chi connectivity index (χ0n) is 16.3. The number of carbonyl (C=O) groups is 1. The smallest absolute Gasteiger partial charge is 0.155 e. The van der Waals surface area contributed by atoms with E-state index in [-0.39, 0.29) is 37.1 Å². The summed E-state index contributed by atoms with van der Waals surface area (Å²) in [4.78, 5) is 18.8. The van der Waals surface area contributed by atoms with Gasteiger partial charge in [-0.1, -0.05) is 27.7 Å². The van der Waals surface area contributed by atoms with E-state index in [9.17, 15) is 4.79 Å². The van der Waals surface area contributed by atoms with Gasteiger partial charge in [0, 0.05) is 38.6 Å². The number of allylic oxidation sites excluding steroid dienone is 2. The first-order valence-electron chi connectivity index (χ1n) is 8.34. The van der Waals surface area contributed by atoms with E-state index in [1.165, 1.54) is 25.5 Å². The van der Waals surface area contributed by atoms with E-state index >= 15 is 0 Å². The Bertz CT molecular complexity index is 711. The van der Waals surface area contributed by atoms with E-state index in [2.05, 4.69) is 49.8 Å². The molecule has 0 spiro atoms. The molecule has 0 aliphatic rings. The number of aromatic nitrogens is 2. The van der Waals surface area contributed by atoms with Crippen LogP contribution in [0.2, 0.25) is 0 Å². The predicted molar refractivity (Wildman–Crippen MR) is 101 cm³/mol. The molecule has 0 aliphatic heterocycles. The van der Waals surface area contributed by atoms with E-state index in [1.807, 2.05) is 24.5 Å². The summed E-state index contributed by atoms with van der Waals surface area (Å²) in [6.45, 7) is 11.5. The number of carbonyl (C=O) groups excluding carboxylic acids is 1. The van der Waals surface area contributed by atoms with Crippen molar-refractivity contribution < 1.29 is 30.0 Å². The second kappa shape index (κ2) is 11.0. The van der Waals surface area contributed by atoms with Crippen LogP contribution < -0.4 is 0 Å². The Hall–Kier alpha value is -1.84. The van der Waals surface area contributed by atoms with Gasteiger partial charge in [0.15, 0.2) is 5.78 Å². The number of rotatable bonds is 3. The average molecular weight is 532 g/mol. The molecule has 1 aromatic heterocycles. The Kier molecular flexibility index (Phi) is 10.2. The number of aryl methyl sites for hydroxylation is 1. The summed E-state index contributed by atoms with van der Waals surface area (Å²) in [5.41, 5.74) is 3.54. The quantitative estimate of drug-likeness (QED) is 0.350. The summed E-state index contributed by atoms with van der Waals surface area (Å²) in [7, 11) is 0. The van der Waals surface area contributed by atoms with Crippen LogP contribution in [0.4, 0.5) is 0 Å². The molecule has 1 N–H and O–H groups in total. The van der Waals surface area contributed by atoms with E-state index in [1.54, 1.807) is 0 Å². The molecule has 2 aromatic rings. The Morgan fingerprint density at radius 3 is 2.08 bits per heavy atom. The van der Waals surface area contributed by atoms with Gasteiger partial charge in [-0.2, -0.15) is 0 Å². The van der Waals surface area contributed by atoms with Gasteiger partial charge in [-0.05, 0) is 31.2 Å². The zero-order chi connectivity index (χ0) is 19.0. The molecule has 0 saturated heterocycles. The van der Waals surface area contributed by atoms with Crippen molar-refractivity contribution in [3.05, 3.63) is 59.6 Å². The third-order valence-corrected chi connectivity index (χ3v) is 3.45. The van der Waals surface area contributed by atoms with Crippen LogP contribution in [0.5, 0.6) is 0 Å². The molecule has 2 rings (SSSR count). The number of ketones is 1. The van der Waals surface area contributed by atoms with Crippen molar-refractivity contribution in [3.8, 4) is 11.4 Å². The molecule has 0 aliphatic carbocycles. The van der Waals surface area contributed by atoms with Crippen LogP contribution in [0.15, 0.2) is 42.4 Å². The second-order valence-electron chi connectivity index (χ2n) is 6.91. The van der Waals surface area contributed by atoms with E-state index < -0.39 is 0 Å². The van der Waals surface area contributed by atoms with Crippen molar-refractivity contribution in [2.75, 3.05) is 0 Å². The molecule has 1 heterocycles. The van der Waals surface area contributed by atoms with Gasteiger partial charge in [-0.25, -0.2) is 0 Å². The van der Waals surface area contributed by atoms with Gasteiger partial charge in [0.05, 0.1) is 11.6 Å². The molecular weight excluding hydrogens is 504 g/mol. The first kappa shape index (κ1) is 24.2. The molecule has 0 amide bonds. The average Bonchev–Trinajstić information content (AvgIpc) is 2.53. The summed E-state index contributed by atoms with van der Waals surface area (Å²) in [5.74, 6) is 0.681. The summed E-state index contributed by atoms with van der Waals surface area (Å²) in [6, 6.07) is 9.48. The van der Waals surface area contributed by atoms with Gasteiger partial charge in [0.2, 0.25) is 0 Å². The fourth-order valence-corrected chi connectivity index (χ4v) is 2.00. The van der Waals surface area contributed by atoms with E-state index in [4.69, 9.17) is 5.11 Å². The molecule has 0 unspecified atom stereocenters. The number of hydrogen-bond donors (Lipinski definition) is 1. The minimum absolute atomic E-state index is 0. The molecule has 26 heavy (non-hydrogen) atoms.